The molecule has 2 atom stereocenters. The van der Waals surface area contributed by atoms with Crippen LogP contribution in [0.3, 0.4) is 0 Å². The highest BCUT2D eigenvalue weighted by Gasteiger charge is 2.23. The number of nitro benzene ring substituents is 1. The Balaban J connectivity index is 1.99. The van der Waals surface area contributed by atoms with Gasteiger partial charge in [0.2, 0.25) is 11.8 Å². The zero-order valence-corrected chi connectivity index (χ0v) is 14.1. The van der Waals surface area contributed by atoms with Crippen LogP contribution < -0.4 is 16.4 Å². The number of thioether (sulfide) groups is 1. The monoisotopic (exact) mass is 352 g/mol. The van der Waals surface area contributed by atoms with Gasteiger partial charge in [-0.2, -0.15) is 0 Å². The number of benzene rings is 1. The smallest absolute Gasteiger partial charge is 0.283 e. The summed E-state index contributed by atoms with van der Waals surface area (Å²) in [5, 5.41) is 17.3. The number of nitrogens with two attached hydrogens (primary N) is 1. The summed E-state index contributed by atoms with van der Waals surface area (Å²) in [5.41, 5.74) is 4.98. The van der Waals surface area contributed by atoms with Crippen LogP contribution in [0.15, 0.2) is 23.1 Å². The number of piperidine rings is 1. The van der Waals surface area contributed by atoms with Crippen LogP contribution in [0.2, 0.25) is 0 Å². The second-order valence-electron chi connectivity index (χ2n) is 5.74. The van der Waals surface area contributed by atoms with Gasteiger partial charge in [-0.1, -0.05) is 6.92 Å². The number of carbonyl (C=O) groups excluding carboxylic acids is 2. The van der Waals surface area contributed by atoms with Gasteiger partial charge in [-0.15, -0.1) is 11.8 Å². The van der Waals surface area contributed by atoms with Crippen LogP contribution in [0.5, 0.6) is 0 Å². The van der Waals surface area contributed by atoms with E-state index in [9.17, 15) is 19.7 Å². The molecule has 130 valence electrons. The van der Waals surface area contributed by atoms with Gasteiger partial charge >= 0.3 is 0 Å². The molecule has 9 heteroatoms. The Labute approximate surface area is 143 Å². The number of hydrogen-bond donors (Lipinski definition) is 3. The van der Waals surface area contributed by atoms with Gasteiger partial charge in [-0.25, -0.2) is 0 Å². The van der Waals surface area contributed by atoms with Crippen molar-refractivity contribution in [2.75, 3.05) is 18.8 Å². The van der Waals surface area contributed by atoms with E-state index in [1.54, 1.807) is 0 Å². The third kappa shape index (κ3) is 4.68. The maximum absolute atomic E-state index is 12.1. The normalized spacial score (nSPS) is 20.4. The number of rotatable bonds is 6. The molecule has 1 aromatic rings. The van der Waals surface area contributed by atoms with E-state index < -0.39 is 10.8 Å². The lowest BCUT2D eigenvalue weighted by molar-refractivity contribution is -0.387. The van der Waals surface area contributed by atoms with Gasteiger partial charge in [0.1, 0.15) is 0 Å². The molecule has 1 saturated heterocycles. The molecule has 8 nitrogen and oxygen atoms in total. The summed E-state index contributed by atoms with van der Waals surface area (Å²) in [6.45, 7) is 3.76. The summed E-state index contributed by atoms with van der Waals surface area (Å²) < 4.78 is 0. The first-order valence-corrected chi connectivity index (χ1v) is 8.58. The predicted octanol–water partition coefficient (Wildman–Crippen LogP) is 0.900. The third-order valence-corrected chi connectivity index (χ3v) is 5.04. The molecule has 2 rings (SSSR count). The zero-order chi connectivity index (χ0) is 17.7. The van der Waals surface area contributed by atoms with E-state index in [2.05, 4.69) is 17.6 Å². The molecule has 0 aliphatic carbocycles. The van der Waals surface area contributed by atoms with Crippen molar-refractivity contribution in [3.63, 3.8) is 0 Å². The minimum Gasteiger partial charge on any atom is -0.366 e. The fourth-order valence-electron chi connectivity index (χ4n) is 2.51. The average Bonchev–Trinajstić information content (AvgIpc) is 2.54. The van der Waals surface area contributed by atoms with Crippen LogP contribution in [-0.4, -0.2) is 41.6 Å². The highest BCUT2D eigenvalue weighted by atomic mass is 32.2. The molecule has 0 radical (unpaired) electrons. The third-order valence-electron chi connectivity index (χ3n) is 3.97. The van der Waals surface area contributed by atoms with Crippen molar-refractivity contribution in [1.82, 2.24) is 10.6 Å². The lowest BCUT2D eigenvalue weighted by Crippen LogP contribution is -2.50. The summed E-state index contributed by atoms with van der Waals surface area (Å²) in [4.78, 5) is 34.1. The predicted molar refractivity (Wildman–Crippen MR) is 90.9 cm³/mol. The minimum absolute atomic E-state index is 0.0672. The first kappa shape index (κ1) is 18.2. The van der Waals surface area contributed by atoms with Crippen molar-refractivity contribution in [2.45, 2.75) is 24.3 Å². The topological polar surface area (TPSA) is 127 Å². The Bertz CT molecular complexity index is 652. The number of primary amides is 1. The molecule has 0 aromatic heterocycles. The lowest BCUT2D eigenvalue weighted by Gasteiger charge is -2.30. The molecule has 1 aliphatic heterocycles. The van der Waals surface area contributed by atoms with Gasteiger partial charge in [0.15, 0.2) is 0 Å². The summed E-state index contributed by atoms with van der Waals surface area (Å²) >= 11 is 1.07. The molecule has 2 unspecified atom stereocenters. The van der Waals surface area contributed by atoms with Crippen LogP contribution in [0, 0.1) is 16.0 Å². The summed E-state index contributed by atoms with van der Waals surface area (Å²) in [6.07, 6.45) is 0.998. The quantitative estimate of drug-likeness (QED) is 0.396. The fourth-order valence-corrected chi connectivity index (χ4v) is 3.33. The van der Waals surface area contributed by atoms with Crippen LogP contribution in [-0.2, 0) is 4.79 Å². The van der Waals surface area contributed by atoms with E-state index in [-0.39, 0.29) is 29.0 Å². The molecule has 0 bridgehead atoms. The molecule has 1 aliphatic rings. The van der Waals surface area contributed by atoms with E-state index in [4.69, 9.17) is 5.73 Å². The summed E-state index contributed by atoms with van der Waals surface area (Å²) in [6, 6.07) is 4.07. The first-order valence-electron chi connectivity index (χ1n) is 7.59. The van der Waals surface area contributed by atoms with E-state index in [1.807, 2.05) is 0 Å². The molecule has 24 heavy (non-hydrogen) atoms. The maximum atomic E-state index is 12.1. The van der Waals surface area contributed by atoms with Crippen molar-refractivity contribution < 1.29 is 14.5 Å². The molecule has 0 saturated carbocycles. The molecular weight excluding hydrogens is 332 g/mol. The Morgan fingerprint density at radius 2 is 2.25 bits per heavy atom. The minimum atomic E-state index is -0.730. The van der Waals surface area contributed by atoms with Crippen LogP contribution in [0.1, 0.15) is 23.7 Å². The highest BCUT2D eigenvalue weighted by molar-refractivity contribution is 8.00. The maximum Gasteiger partial charge on any atom is 0.283 e. The molecule has 0 spiro atoms. The van der Waals surface area contributed by atoms with Gasteiger partial charge in [-0.3, -0.25) is 19.7 Å². The largest absolute Gasteiger partial charge is 0.366 e. The van der Waals surface area contributed by atoms with Crippen molar-refractivity contribution in [3.05, 3.63) is 33.9 Å². The molecule has 1 aromatic carbocycles. The number of carbonyl (C=O) groups is 2. The molecule has 2 amide bonds. The Morgan fingerprint density at radius 1 is 1.50 bits per heavy atom. The number of hydrogen-bond acceptors (Lipinski definition) is 6. The SMILES string of the molecule is CC1CCNCC1NC(=O)CSc1ccc(C(N)=O)cc1[N+](=O)[O-]. The molecular formula is C15H20N4O4S. The van der Waals surface area contributed by atoms with E-state index in [0.717, 1.165) is 37.3 Å². The Morgan fingerprint density at radius 3 is 2.88 bits per heavy atom. The second-order valence-corrected chi connectivity index (χ2v) is 6.75. The Hall–Kier alpha value is -2.13. The highest BCUT2D eigenvalue weighted by Crippen LogP contribution is 2.30. The first-order chi connectivity index (χ1) is 11.4. The summed E-state index contributed by atoms with van der Waals surface area (Å²) in [7, 11) is 0. The van der Waals surface area contributed by atoms with Crippen LogP contribution in [0.25, 0.3) is 0 Å². The van der Waals surface area contributed by atoms with Gasteiger partial charge < -0.3 is 16.4 Å². The standard InChI is InChI=1S/C15H20N4O4S/c1-9-4-5-17-7-11(9)18-14(20)8-24-13-3-2-10(15(16)21)6-12(13)19(22)23/h2-3,6,9,11,17H,4-5,7-8H2,1H3,(H2,16,21)(H,18,20). The fraction of sp³-hybridized carbons (Fsp3) is 0.467. The van der Waals surface area contributed by atoms with Gasteiger partial charge in [0, 0.05) is 24.2 Å². The number of nitrogens with zero attached hydrogens (tertiary/aromatic N) is 1. The number of nitrogens with one attached hydrogen (secondary N) is 2. The van der Waals surface area contributed by atoms with E-state index in [0.29, 0.717) is 10.8 Å². The van der Waals surface area contributed by atoms with Crippen LogP contribution >= 0.6 is 11.8 Å². The second kappa shape index (κ2) is 8.11. The van der Waals surface area contributed by atoms with Gasteiger partial charge in [-0.05, 0) is 31.0 Å². The van der Waals surface area contributed by atoms with E-state index >= 15 is 0 Å². The average molecular weight is 352 g/mol. The Kier molecular flexibility index (Phi) is 6.16. The summed E-state index contributed by atoms with van der Waals surface area (Å²) in [5.74, 6) is -0.440. The molecule has 4 N–H and O–H groups in total. The molecule has 1 fully saturated rings. The van der Waals surface area contributed by atoms with Crippen molar-refractivity contribution in [1.29, 1.82) is 0 Å². The van der Waals surface area contributed by atoms with E-state index in [1.165, 1.54) is 12.1 Å². The van der Waals surface area contributed by atoms with Crippen molar-refractivity contribution in [3.8, 4) is 0 Å². The molecule has 1 heterocycles. The lowest BCUT2D eigenvalue weighted by atomic mass is 9.95. The van der Waals surface area contributed by atoms with Crippen LogP contribution in [0.4, 0.5) is 5.69 Å². The van der Waals surface area contributed by atoms with Gasteiger partial charge in [0.25, 0.3) is 5.69 Å². The van der Waals surface area contributed by atoms with Crippen molar-refractivity contribution >= 4 is 29.3 Å². The number of nitro groups is 1. The van der Waals surface area contributed by atoms with Gasteiger partial charge in [0.05, 0.1) is 15.6 Å². The number of amides is 2. The zero-order valence-electron chi connectivity index (χ0n) is 13.3. The van der Waals surface area contributed by atoms with Crippen molar-refractivity contribution in [2.24, 2.45) is 11.7 Å².